The second-order valence-corrected chi connectivity index (χ2v) is 20.6. The normalized spacial score (nSPS) is 12.1. The molecule has 0 radical (unpaired) electrons. The summed E-state index contributed by atoms with van der Waals surface area (Å²) >= 11 is 0. The first-order chi connectivity index (χ1) is 33.5. The van der Waals surface area contributed by atoms with Gasteiger partial charge in [0.05, 0.1) is 0 Å². The molecule has 0 heterocycles. The molecule has 68 heavy (non-hydrogen) atoms. The number of allylic oxidation sites excluding steroid dienone is 4. The number of ether oxygens (including phenoxy) is 3. The van der Waals surface area contributed by atoms with E-state index >= 15 is 0 Å². The maximum atomic E-state index is 12.9. The van der Waals surface area contributed by atoms with Gasteiger partial charge in [-0.1, -0.05) is 270 Å². The van der Waals surface area contributed by atoms with Gasteiger partial charge in [-0.2, -0.15) is 0 Å². The average molecular weight is 958 g/mol. The van der Waals surface area contributed by atoms with Crippen LogP contribution in [0, 0.1) is 0 Å². The lowest BCUT2D eigenvalue weighted by atomic mass is 10.0. The van der Waals surface area contributed by atoms with Gasteiger partial charge < -0.3 is 14.2 Å². The van der Waals surface area contributed by atoms with Crippen molar-refractivity contribution in [1.82, 2.24) is 0 Å². The summed E-state index contributed by atoms with van der Waals surface area (Å²) < 4.78 is 16.9. The molecule has 0 N–H and O–H groups in total. The summed E-state index contributed by atoms with van der Waals surface area (Å²) in [6.07, 6.45) is 67.5. The standard InChI is InChI=1S/C62H116O6/c1-4-7-10-13-16-19-22-25-27-29-30-31-32-34-35-37-40-43-46-49-52-55-61(64)67-58-59(57-66-60(63)54-51-48-45-42-39-24-21-18-15-12-9-6-3)68-62(65)56-53-50-47-44-41-38-36-33-28-26-23-20-17-14-11-8-5-2/h18,21,26,28,59H,4-17,19-20,22-25,27,29-58H2,1-3H3/b21-18-,28-26-. The van der Waals surface area contributed by atoms with Crippen LogP contribution in [0.15, 0.2) is 24.3 Å². The van der Waals surface area contributed by atoms with Gasteiger partial charge in [-0.25, -0.2) is 0 Å². The fraction of sp³-hybridized carbons (Fsp3) is 0.887. The smallest absolute Gasteiger partial charge is 0.306 e. The SMILES string of the molecule is CCCCC/C=C\CCCCCCCC(=O)OCC(COC(=O)CCCCCCCCCCCCCCCCCCCCCCC)OC(=O)CCCCCCCCC/C=C\CCCCCCCC. The van der Waals surface area contributed by atoms with Gasteiger partial charge in [0.1, 0.15) is 13.2 Å². The van der Waals surface area contributed by atoms with E-state index in [0.29, 0.717) is 19.3 Å². The lowest BCUT2D eigenvalue weighted by molar-refractivity contribution is -0.167. The molecule has 0 aromatic rings. The highest BCUT2D eigenvalue weighted by Crippen LogP contribution is 2.17. The third-order valence-corrected chi connectivity index (χ3v) is 13.7. The van der Waals surface area contributed by atoms with Crippen LogP contribution in [0.2, 0.25) is 0 Å². The van der Waals surface area contributed by atoms with Gasteiger partial charge in [-0.15, -0.1) is 0 Å². The number of unbranched alkanes of at least 4 members (excludes halogenated alkanes) is 41. The molecule has 0 aliphatic heterocycles. The Morgan fingerprint density at radius 3 is 0.765 bits per heavy atom. The lowest BCUT2D eigenvalue weighted by Crippen LogP contribution is -2.30. The summed E-state index contributed by atoms with van der Waals surface area (Å²) in [5, 5.41) is 0. The van der Waals surface area contributed by atoms with Crippen molar-refractivity contribution in [1.29, 1.82) is 0 Å². The Kier molecular flexibility index (Phi) is 55.7. The summed E-state index contributed by atoms with van der Waals surface area (Å²) in [6, 6.07) is 0. The topological polar surface area (TPSA) is 78.9 Å². The largest absolute Gasteiger partial charge is 0.462 e. The third kappa shape index (κ3) is 54.8. The van der Waals surface area contributed by atoms with Gasteiger partial charge in [0.25, 0.3) is 0 Å². The van der Waals surface area contributed by atoms with Crippen LogP contribution in [0.1, 0.15) is 335 Å². The summed E-state index contributed by atoms with van der Waals surface area (Å²) in [5.41, 5.74) is 0. The Bertz CT molecular complexity index is 1100. The van der Waals surface area contributed by atoms with E-state index in [-0.39, 0.29) is 31.1 Å². The van der Waals surface area contributed by atoms with E-state index in [2.05, 4.69) is 45.1 Å². The van der Waals surface area contributed by atoms with Gasteiger partial charge in [0.2, 0.25) is 0 Å². The fourth-order valence-electron chi connectivity index (χ4n) is 9.08. The van der Waals surface area contributed by atoms with Crippen molar-refractivity contribution in [2.75, 3.05) is 13.2 Å². The first-order valence-electron chi connectivity index (χ1n) is 30.3. The van der Waals surface area contributed by atoms with Gasteiger partial charge in [-0.05, 0) is 70.6 Å². The second kappa shape index (κ2) is 57.5. The van der Waals surface area contributed by atoms with Gasteiger partial charge in [0, 0.05) is 19.3 Å². The zero-order valence-corrected chi connectivity index (χ0v) is 45.9. The minimum absolute atomic E-state index is 0.0710. The molecule has 0 bridgehead atoms. The van der Waals surface area contributed by atoms with E-state index in [1.54, 1.807) is 0 Å². The Hall–Kier alpha value is -2.11. The number of esters is 3. The van der Waals surface area contributed by atoms with E-state index in [4.69, 9.17) is 14.2 Å². The lowest BCUT2D eigenvalue weighted by Gasteiger charge is -2.18. The maximum Gasteiger partial charge on any atom is 0.306 e. The maximum absolute atomic E-state index is 12.9. The molecule has 0 amide bonds. The van der Waals surface area contributed by atoms with Gasteiger partial charge in [-0.3, -0.25) is 14.4 Å². The van der Waals surface area contributed by atoms with Crippen LogP contribution in [0.5, 0.6) is 0 Å². The summed E-state index contributed by atoms with van der Waals surface area (Å²) in [5.74, 6) is -0.863. The summed E-state index contributed by atoms with van der Waals surface area (Å²) in [7, 11) is 0. The third-order valence-electron chi connectivity index (χ3n) is 13.7. The molecule has 0 saturated carbocycles. The van der Waals surface area contributed by atoms with Gasteiger partial charge >= 0.3 is 17.9 Å². The van der Waals surface area contributed by atoms with E-state index in [0.717, 1.165) is 64.2 Å². The highest BCUT2D eigenvalue weighted by molar-refractivity contribution is 5.71. The zero-order valence-electron chi connectivity index (χ0n) is 45.9. The molecule has 6 heteroatoms. The van der Waals surface area contributed by atoms with Crippen molar-refractivity contribution in [3.8, 4) is 0 Å². The van der Waals surface area contributed by atoms with Crippen LogP contribution in [-0.2, 0) is 28.6 Å². The number of carbonyl (C=O) groups is 3. The molecule has 6 nitrogen and oxygen atoms in total. The Morgan fingerprint density at radius 2 is 0.485 bits per heavy atom. The Labute approximate surface area is 423 Å². The van der Waals surface area contributed by atoms with Crippen LogP contribution in [0.25, 0.3) is 0 Å². The predicted octanol–water partition coefficient (Wildman–Crippen LogP) is 20.3. The quantitative estimate of drug-likeness (QED) is 0.0262. The van der Waals surface area contributed by atoms with Crippen LogP contribution in [0.3, 0.4) is 0 Å². The van der Waals surface area contributed by atoms with Crippen LogP contribution >= 0.6 is 0 Å². The van der Waals surface area contributed by atoms with Crippen molar-refractivity contribution in [2.45, 2.75) is 341 Å². The van der Waals surface area contributed by atoms with E-state index in [9.17, 15) is 14.4 Å². The molecule has 400 valence electrons. The van der Waals surface area contributed by atoms with E-state index < -0.39 is 6.10 Å². The molecule has 0 rings (SSSR count). The zero-order chi connectivity index (χ0) is 49.3. The number of rotatable bonds is 56. The number of hydrogen-bond donors (Lipinski definition) is 0. The molecular weight excluding hydrogens is 841 g/mol. The molecule has 0 fully saturated rings. The average Bonchev–Trinajstić information content (AvgIpc) is 3.34. The molecule has 0 aromatic heterocycles. The van der Waals surface area contributed by atoms with Crippen molar-refractivity contribution >= 4 is 17.9 Å². The fourth-order valence-corrected chi connectivity index (χ4v) is 9.08. The predicted molar refractivity (Wildman–Crippen MR) is 293 cm³/mol. The molecule has 0 spiro atoms. The van der Waals surface area contributed by atoms with Crippen molar-refractivity contribution < 1.29 is 28.6 Å². The highest BCUT2D eigenvalue weighted by Gasteiger charge is 2.19. The number of carbonyl (C=O) groups excluding carboxylic acids is 3. The molecule has 1 unspecified atom stereocenters. The number of hydrogen-bond acceptors (Lipinski definition) is 6. The molecule has 1 atom stereocenters. The minimum Gasteiger partial charge on any atom is -0.462 e. The van der Waals surface area contributed by atoms with Crippen molar-refractivity contribution in [2.24, 2.45) is 0 Å². The van der Waals surface area contributed by atoms with Crippen molar-refractivity contribution in [3.05, 3.63) is 24.3 Å². The molecule has 0 aromatic carbocycles. The van der Waals surface area contributed by atoms with E-state index in [1.165, 1.54) is 231 Å². The molecular formula is C62H116O6. The first kappa shape index (κ1) is 65.9. The Balaban J connectivity index is 4.27. The first-order valence-corrected chi connectivity index (χ1v) is 30.3. The highest BCUT2D eigenvalue weighted by atomic mass is 16.6. The van der Waals surface area contributed by atoms with Crippen LogP contribution in [-0.4, -0.2) is 37.2 Å². The second-order valence-electron chi connectivity index (χ2n) is 20.6. The molecule has 0 saturated heterocycles. The summed E-state index contributed by atoms with van der Waals surface area (Å²) in [6.45, 7) is 6.66. The van der Waals surface area contributed by atoms with E-state index in [1.807, 2.05) is 0 Å². The minimum atomic E-state index is -0.773. The van der Waals surface area contributed by atoms with Crippen LogP contribution < -0.4 is 0 Å². The summed E-state index contributed by atoms with van der Waals surface area (Å²) in [4.78, 5) is 38.2. The molecule has 0 aliphatic carbocycles. The van der Waals surface area contributed by atoms with Crippen LogP contribution in [0.4, 0.5) is 0 Å². The van der Waals surface area contributed by atoms with Crippen molar-refractivity contribution in [3.63, 3.8) is 0 Å². The Morgan fingerprint density at radius 1 is 0.279 bits per heavy atom. The molecule has 0 aliphatic rings. The monoisotopic (exact) mass is 957 g/mol. The van der Waals surface area contributed by atoms with Gasteiger partial charge in [0.15, 0.2) is 6.10 Å².